The molecule has 4 nitrogen and oxygen atoms in total. The van der Waals surface area contributed by atoms with Crippen LogP contribution in [0.4, 0.5) is 0 Å². The Labute approximate surface area is 159 Å². The highest BCUT2D eigenvalue weighted by molar-refractivity contribution is 7.80. The number of amides is 1. The molecule has 5 heteroatoms. The summed E-state index contributed by atoms with van der Waals surface area (Å²) in [6.07, 6.45) is 12.9. The van der Waals surface area contributed by atoms with Gasteiger partial charge in [-0.1, -0.05) is 57.2 Å². The second kappa shape index (κ2) is 18.0. The van der Waals surface area contributed by atoms with Gasteiger partial charge in [-0.25, -0.2) is 0 Å². The first-order valence-corrected chi connectivity index (χ1v) is 10.3. The molecule has 0 heterocycles. The van der Waals surface area contributed by atoms with E-state index in [1.807, 2.05) is 6.92 Å². The molecule has 25 heavy (non-hydrogen) atoms. The fourth-order valence-electron chi connectivity index (χ4n) is 2.56. The molecule has 0 saturated heterocycles. The van der Waals surface area contributed by atoms with Gasteiger partial charge < -0.3 is 14.8 Å². The van der Waals surface area contributed by atoms with Gasteiger partial charge in [-0.15, -0.1) is 0 Å². The second-order valence-electron chi connectivity index (χ2n) is 6.80. The maximum atomic E-state index is 11.5. The van der Waals surface area contributed by atoms with Crippen LogP contribution in [-0.4, -0.2) is 36.3 Å². The first kappa shape index (κ1) is 24.2. The van der Waals surface area contributed by atoms with Gasteiger partial charge in [0, 0.05) is 26.0 Å². The van der Waals surface area contributed by atoms with Gasteiger partial charge in [0.05, 0.1) is 6.61 Å². The Morgan fingerprint density at radius 2 is 1.32 bits per heavy atom. The molecule has 0 aromatic carbocycles. The van der Waals surface area contributed by atoms with E-state index in [2.05, 4.69) is 5.32 Å². The zero-order valence-electron chi connectivity index (χ0n) is 16.2. The van der Waals surface area contributed by atoms with Crippen LogP contribution in [-0.2, 0) is 14.3 Å². The Bertz CT molecular complexity index is 372. The number of hydrogen-bond donors (Lipinski definition) is 1. The lowest BCUT2D eigenvalue weighted by atomic mass is 10.1. The largest absolute Gasteiger partial charge is 0.380 e. The van der Waals surface area contributed by atoms with Crippen LogP contribution in [0.5, 0.6) is 0 Å². The summed E-state index contributed by atoms with van der Waals surface area (Å²) in [5.41, 5.74) is 0. The van der Waals surface area contributed by atoms with E-state index < -0.39 is 0 Å². The van der Waals surface area contributed by atoms with Crippen molar-refractivity contribution in [2.75, 3.05) is 19.8 Å². The number of ether oxygens (including phenoxy) is 1. The second-order valence-corrected chi connectivity index (χ2v) is 7.50. The lowest BCUT2D eigenvalue weighted by molar-refractivity contribution is -0.121. The van der Waals surface area contributed by atoms with Crippen LogP contribution in [0.2, 0.25) is 0 Å². The van der Waals surface area contributed by atoms with Crippen molar-refractivity contribution in [3.63, 3.8) is 0 Å². The number of thiocarbonyl (C=S) groups is 1. The minimum atomic E-state index is 0.0501. The lowest BCUT2D eigenvalue weighted by Crippen LogP contribution is -2.27. The van der Waals surface area contributed by atoms with Gasteiger partial charge in [0.1, 0.15) is 5.78 Å². The maximum absolute atomic E-state index is 11.5. The molecule has 0 bridgehead atoms. The van der Waals surface area contributed by atoms with Crippen molar-refractivity contribution in [2.45, 2.75) is 90.9 Å². The summed E-state index contributed by atoms with van der Waals surface area (Å²) >= 11 is 4.95. The smallest absolute Gasteiger partial charge is 0.220 e. The molecule has 1 amide bonds. The topological polar surface area (TPSA) is 55.4 Å². The van der Waals surface area contributed by atoms with Crippen LogP contribution in [0.15, 0.2) is 0 Å². The zero-order chi connectivity index (χ0) is 18.8. The van der Waals surface area contributed by atoms with Crippen molar-refractivity contribution in [2.24, 2.45) is 0 Å². The molecular weight excluding hydrogens is 334 g/mol. The highest BCUT2D eigenvalue weighted by Crippen LogP contribution is 2.10. The molecule has 1 N–H and O–H groups in total. The number of ketones is 1. The van der Waals surface area contributed by atoms with Gasteiger partial charge in [0.2, 0.25) is 5.91 Å². The standard InChI is InChI=1S/C20H37NO3S/c1-18(22)12-10-8-6-4-3-5-7-9-11-16-24-17-15-21-20(23)14-13-19(2)25/h3-17H2,1-2H3,(H,21,23). The quantitative estimate of drug-likeness (QED) is 0.278. The van der Waals surface area contributed by atoms with E-state index in [0.717, 1.165) is 30.7 Å². The molecule has 0 fully saturated rings. The van der Waals surface area contributed by atoms with E-state index in [1.54, 1.807) is 6.92 Å². The first-order chi connectivity index (χ1) is 12.0. The molecule has 0 radical (unpaired) electrons. The van der Waals surface area contributed by atoms with E-state index in [4.69, 9.17) is 17.0 Å². The van der Waals surface area contributed by atoms with Crippen molar-refractivity contribution < 1.29 is 14.3 Å². The maximum Gasteiger partial charge on any atom is 0.220 e. The minimum absolute atomic E-state index is 0.0501. The molecule has 0 spiro atoms. The third kappa shape index (κ3) is 21.1. The Balaban J connectivity index is 3.13. The van der Waals surface area contributed by atoms with Crippen molar-refractivity contribution in [3.05, 3.63) is 0 Å². The predicted octanol–water partition coefficient (Wildman–Crippen LogP) is 4.78. The molecule has 0 rings (SSSR count). The predicted molar refractivity (Wildman–Crippen MR) is 108 cm³/mol. The Morgan fingerprint density at radius 1 is 0.760 bits per heavy atom. The van der Waals surface area contributed by atoms with Crippen LogP contribution < -0.4 is 5.32 Å². The lowest BCUT2D eigenvalue weighted by Gasteiger charge is -2.06. The monoisotopic (exact) mass is 371 g/mol. The Morgan fingerprint density at radius 3 is 1.88 bits per heavy atom. The number of nitrogens with one attached hydrogen (secondary N) is 1. The van der Waals surface area contributed by atoms with E-state index in [0.29, 0.717) is 31.8 Å². The average Bonchev–Trinajstić information content (AvgIpc) is 2.56. The average molecular weight is 372 g/mol. The summed E-state index contributed by atoms with van der Waals surface area (Å²) in [4.78, 5) is 23.1. The van der Waals surface area contributed by atoms with Gasteiger partial charge in [-0.2, -0.15) is 0 Å². The van der Waals surface area contributed by atoms with E-state index in [1.165, 1.54) is 44.9 Å². The highest BCUT2D eigenvalue weighted by Gasteiger charge is 2.01. The molecule has 146 valence electrons. The summed E-state index contributed by atoms with van der Waals surface area (Å²) < 4.78 is 5.53. The molecule has 0 aromatic heterocycles. The molecule has 0 atom stereocenters. The van der Waals surface area contributed by atoms with E-state index in [-0.39, 0.29) is 5.91 Å². The van der Waals surface area contributed by atoms with Crippen molar-refractivity contribution in [3.8, 4) is 0 Å². The molecular formula is C20H37NO3S. The molecule has 0 aliphatic carbocycles. The van der Waals surface area contributed by atoms with Gasteiger partial charge in [-0.3, -0.25) is 4.79 Å². The number of carbonyl (C=O) groups excluding carboxylic acids is 2. The molecule has 0 unspecified atom stereocenters. The fourth-order valence-corrected chi connectivity index (χ4v) is 2.66. The third-order valence-corrected chi connectivity index (χ3v) is 4.29. The van der Waals surface area contributed by atoms with Crippen LogP contribution in [0.3, 0.4) is 0 Å². The zero-order valence-corrected chi connectivity index (χ0v) is 17.1. The summed E-state index contributed by atoms with van der Waals surface area (Å²) in [7, 11) is 0. The van der Waals surface area contributed by atoms with Crippen LogP contribution in [0.1, 0.15) is 90.9 Å². The molecule has 0 saturated carbocycles. The van der Waals surface area contributed by atoms with E-state index in [9.17, 15) is 9.59 Å². The van der Waals surface area contributed by atoms with Crippen molar-refractivity contribution in [1.29, 1.82) is 0 Å². The van der Waals surface area contributed by atoms with Crippen LogP contribution >= 0.6 is 12.2 Å². The number of hydrogen-bond acceptors (Lipinski definition) is 4. The fraction of sp³-hybridized carbons (Fsp3) is 0.850. The normalized spacial score (nSPS) is 10.6. The third-order valence-electron chi connectivity index (χ3n) is 4.09. The van der Waals surface area contributed by atoms with Gasteiger partial charge in [0.25, 0.3) is 0 Å². The number of unbranched alkanes of at least 4 members (excludes halogenated alkanes) is 8. The summed E-state index contributed by atoms with van der Waals surface area (Å²) in [6.45, 7) is 5.48. The molecule has 0 aromatic rings. The van der Waals surface area contributed by atoms with Gasteiger partial charge in [-0.05, 0) is 38.0 Å². The summed E-state index contributed by atoms with van der Waals surface area (Å²) in [5, 5.41) is 2.84. The van der Waals surface area contributed by atoms with Gasteiger partial charge in [0.15, 0.2) is 0 Å². The minimum Gasteiger partial charge on any atom is -0.380 e. The summed E-state index contributed by atoms with van der Waals surface area (Å²) in [5.74, 6) is 0.361. The number of Topliss-reactive ketones (excluding diaryl/α,β-unsaturated/α-hetero) is 1. The number of rotatable bonds is 18. The van der Waals surface area contributed by atoms with Crippen molar-refractivity contribution >= 4 is 28.8 Å². The SMILES string of the molecule is CC(=O)CCCCCCCCCCCOCCNC(=O)CCC(C)=S. The van der Waals surface area contributed by atoms with Crippen LogP contribution in [0, 0.1) is 0 Å². The first-order valence-electron chi connectivity index (χ1n) is 9.85. The van der Waals surface area contributed by atoms with Crippen LogP contribution in [0.25, 0.3) is 0 Å². The summed E-state index contributed by atoms with van der Waals surface area (Å²) in [6, 6.07) is 0. The highest BCUT2D eigenvalue weighted by atomic mass is 32.1. The van der Waals surface area contributed by atoms with Gasteiger partial charge >= 0.3 is 0 Å². The van der Waals surface area contributed by atoms with Crippen molar-refractivity contribution in [1.82, 2.24) is 5.32 Å². The van der Waals surface area contributed by atoms with E-state index >= 15 is 0 Å². The number of carbonyl (C=O) groups is 2. The Hall–Kier alpha value is -0.810. The molecule has 0 aliphatic rings. The Kier molecular flexibility index (Phi) is 17.4. The molecule has 0 aliphatic heterocycles.